The fraction of sp³-hybridized carbons (Fsp3) is 0.200. The van der Waals surface area contributed by atoms with E-state index >= 15 is 0 Å². The van der Waals surface area contributed by atoms with Gasteiger partial charge in [-0.15, -0.1) is 6.58 Å². The fourth-order valence-corrected chi connectivity index (χ4v) is 1.55. The molecule has 0 atom stereocenters. The lowest BCUT2D eigenvalue weighted by molar-refractivity contribution is -0.157. The summed E-state index contributed by atoms with van der Waals surface area (Å²) in [5.74, 6) is -0.753. The number of nitriles is 1. The highest BCUT2D eigenvalue weighted by Gasteiger charge is 2.31. The molecule has 1 aromatic rings. The number of carbonyl (C=O) groups excluding carboxylic acids is 1. The van der Waals surface area contributed by atoms with Crippen LogP contribution >= 0.6 is 0 Å². The lowest BCUT2D eigenvalue weighted by Gasteiger charge is -2.20. The predicted molar refractivity (Wildman–Crippen MR) is 73.0 cm³/mol. The molecule has 0 unspecified atom stereocenters. The van der Waals surface area contributed by atoms with E-state index in [1.165, 1.54) is 12.2 Å². The van der Waals surface area contributed by atoms with Crippen molar-refractivity contribution in [2.24, 2.45) is 0 Å². The first-order valence-corrected chi connectivity index (χ1v) is 6.00. The van der Waals surface area contributed by atoms with Gasteiger partial charge in [-0.05, 0) is 23.8 Å². The first kappa shape index (κ1) is 16.5. The van der Waals surface area contributed by atoms with E-state index in [0.717, 1.165) is 6.08 Å². The molecule has 0 heterocycles. The Morgan fingerprint density at radius 2 is 1.95 bits per heavy atom. The second-order valence-corrected chi connectivity index (χ2v) is 4.19. The molecule has 6 heteroatoms. The van der Waals surface area contributed by atoms with Crippen LogP contribution in [0.4, 0.5) is 13.2 Å². The van der Waals surface area contributed by atoms with Crippen molar-refractivity contribution in [3.63, 3.8) is 0 Å². The number of nitrogens with zero attached hydrogens (tertiary/aromatic N) is 2. The predicted octanol–water partition coefficient (Wildman–Crippen LogP) is 3.15. The summed E-state index contributed by atoms with van der Waals surface area (Å²) in [7, 11) is 0. The van der Waals surface area contributed by atoms with Gasteiger partial charge >= 0.3 is 6.18 Å². The zero-order chi connectivity index (χ0) is 15.9. The van der Waals surface area contributed by atoms with Gasteiger partial charge in [0, 0.05) is 12.6 Å². The molecule has 0 saturated heterocycles. The third kappa shape index (κ3) is 5.95. The molecule has 0 radical (unpaired) electrons. The zero-order valence-electron chi connectivity index (χ0n) is 11.1. The number of amides is 1. The largest absolute Gasteiger partial charge is 0.406 e. The lowest BCUT2D eigenvalue weighted by Crippen LogP contribution is -2.38. The molecule has 1 aromatic carbocycles. The second kappa shape index (κ2) is 7.29. The lowest BCUT2D eigenvalue weighted by atomic mass is 10.1. The monoisotopic (exact) mass is 294 g/mol. The molecule has 0 spiro atoms. The average molecular weight is 294 g/mol. The molecule has 0 aliphatic rings. The van der Waals surface area contributed by atoms with Crippen molar-refractivity contribution in [1.82, 2.24) is 4.90 Å². The molecule has 3 nitrogen and oxygen atoms in total. The van der Waals surface area contributed by atoms with Gasteiger partial charge in [0.1, 0.15) is 6.54 Å². The third-order valence-electron chi connectivity index (χ3n) is 2.49. The second-order valence-electron chi connectivity index (χ2n) is 4.19. The standard InChI is InChI=1S/C15H13F3N2O/c1-2-9-20(11-15(16,17)18)14(21)8-7-12-3-5-13(10-19)6-4-12/h2-8H,1,9,11H2. The number of alkyl halides is 3. The van der Waals surface area contributed by atoms with E-state index in [-0.39, 0.29) is 6.54 Å². The van der Waals surface area contributed by atoms with Crippen molar-refractivity contribution in [3.05, 3.63) is 54.1 Å². The topological polar surface area (TPSA) is 44.1 Å². The Morgan fingerprint density at radius 1 is 1.33 bits per heavy atom. The molecule has 0 aromatic heterocycles. The molecule has 110 valence electrons. The molecule has 0 aliphatic carbocycles. The minimum atomic E-state index is -4.46. The quantitative estimate of drug-likeness (QED) is 0.618. The Balaban J connectivity index is 2.77. The molecule has 21 heavy (non-hydrogen) atoms. The molecule has 0 saturated carbocycles. The number of rotatable bonds is 5. The van der Waals surface area contributed by atoms with E-state index in [1.54, 1.807) is 24.3 Å². The number of hydrogen-bond donors (Lipinski definition) is 0. The van der Waals surface area contributed by atoms with Gasteiger partial charge in [0.25, 0.3) is 0 Å². The summed E-state index contributed by atoms with van der Waals surface area (Å²) in [6.45, 7) is 1.83. The normalized spacial score (nSPS) is 11.1. The van der Waals surface area contributed by atoms with Crippen LogP contribution in [0.2, 0.25) is 0 Å². The maximum atomic E-state index is 12.4. The molecule has 0 aliphatic heterocycles. The summed E-state index contributed by atoms with van der Waals surface area (Å²) in [5.41, 5.74) is 1.08. The average Bonchev–Trinajstić information content (AvgIpc) is 2.43. The van der Waals surface area contributed by atoms with Crippen LogP contribution in [-0.4, -0.2) is 30.1 Å². The van der Waals surface area contributed by atoms with Gasteiger partial charge in [0.2, 0.25) is 5.91 Å². The van der Waals surface area contributed by atoms with Gasteiger partial charge in [0.15, 0.2) is 0 Å². The SMILES string of the molecule is C=CCN(CC(F)(F)F)C(=O)C=Cc1ccc(C#N)cc1. The van der Waals surface area contributed by atoms with E-state index in [9.17, 15) is 18.0 Å². The van der Waals surface area contributed by atoms with Gasteiger partial charge < -0.3 is 4.90 Å². The summed E-state index contributed by atoms with van der Waals surface area (Å²) in [5, 5.41) is 8.64. The summed E-state index contributed by atoms with van der Waals surface area (Å²) in [6.07, 6.45) is -0.757. The Morgan fingerprint density at radius 3 is 2.43 bits per heavy atom. The minimum absolute atomic E-state index is 0.184. The van der Waals surface area contributed by atoms with Gasteiger partial charge in [-0.25, -0.2) is 0 Å². The van der Waals surface area contributed by atoms with Crippen LogP contribution < -0.4 is 0 Å². The Hall–Kier alpha value is -2.55. The maximum absolute atomic E-state index is 12.4. The summed E-state index contributed by atoms with van der Waals surface area (Å²) in [4.78, 5) is 12.4. The van der Waals surface area contributed by atoms with E-state index in [2.05, 4.69) is 6.58 Å². The summed E-state index contributed by atoms with van der Waals surface area (Å²) in [6, 6.07) is 8.26. The Kier molecular flexibility index (Phi) is 5.73. The van der Waals surface area contributed by atoms with Gasteiger partial charge in [0.05, 0.1) is 11.6 Å². The highest BCUT2D eigenvalue weighted by atomic mass is 19.4. The Bertz CT molecular complexity index is 568. The van der Waals surface area contributed by atoms with Crippen LogP contribution in [-0.2, 0) is 4.79 Å². The van der Waals surface area contributed by atoms with Crippen molar-refractivity contribution < 1.29 is 18.0 Å². The van der Waals surface area contributed by atoms with Gasteiger partial charge in [-0.3, -0.25) is 4.79 Å². The van der Waals surface area contributed by atoms with Gasteiger partial charge in [-0.2, -0.15) is 18.4 Å². The van der Waals surface area contributed by atoms with Crippen molar-refractivity contribution in [2.45, 2.75) is 6.18 Å². The molecule has 1 rings (SSSR count). The Labute approximate surface area is 120 Å². The number of halogens is 3. The zero-order valence-corrected chi connectivity index (χ0v) is 11.1. The number of carbonyl (C=O) groups is 1. The molecular weight excluding hydrogens is 281 g/mol. The smallest absolute Gasteiger partial charge is 0.326 e. The fourth-order valence-electron chi connectivity index (χ4n) is 1.55. The number of benzene rings is 1. The summed E-state index contributed by atoms with van der Waals surface area (Å²) >= 11 is 0. The van der Waals surface area contributed by atoms with E-state index < -0.39 is 18.6 Å². The maximum Gasteiger partial charge on any atom is 0.406 e. The van der Waals surface area contributed by atoms with Gasteiger partial charge in [-0.1, -0.05) is 18.2 Å². The molecule has 0 N–H and O–H groups in total. The first-order chi connectivity index (χ1) is 9.85. The molecule has 0 fully saturated rings. The highest BCUT2D eigenvalue weighted by molar-refractivity contribution is 5.91. The number of hydrogen-bond acceptors (Lipinski definition) is 2. The van der Waals surface area contributed by atoms with E-state index in [1.807, 2.05) is 6.07 Å². The molecule has 0 bridgehead atoms. The van der Waals surface area contributed by atoms with E-state index in [4.69, 9.17) is 5.26 Å². The van der Waals surface area contributed by atoms with Crippen LogP contribution in [0.25, 0.3) is 6.08 Å². The van der Waals surface area contributed by atoms with Crippen molar-refractivity contribution in [3.8, 4) is 6.07 Å². The van der Waals surface area contributed by atoms with Crippen LogP contribution in [0.1, 0.15) is 11.1 Å². The highest BCUT2D eigenvalue weighted by Crippen LogP contribution is 2.17. The minimum Gasteiger partial charge on any atom is -0.326 e. The molecule has 1 amide bonds. The third-order valence-corrected chi connectivity index (χ3v) is 2.49. The van der Waals surface area contributed by atoms with Crippen LogP contribution in [0.3, 0.4) is 0 Å². The van der Waals surface area contributed by atoms with Crippen LogP contribution in [0.5, 0.6) is 0 Å². The van der Waals surface area contributed by atoms with Crippen LogP contribution in [0, 0.1) is 11.3 Å². The van der Waals surface area contributed by atoms with E-state index in [0.29, 0.717) is 16.0 Å². The summed E-state index contributed by atoms with van der Waals surface area (Å²) < 4.78 is 37.1. The van der Waals surface area contributed by atoms with Crippen LogP contribution in [0.15, 0.2) is 43.0 Å². The van der Waals surface area contributed by atoms with Crippen molar-refractivity contribution in [2.75, 3.05) is 13.1 Å². The first-order valence-electron chi connectivity index (χ1n) is 6.00. The van der Waals surface area contributed by atoms with Crippen molar-refractivity contribution >= 4 is 12.0 Å². The molecular formula is C15H13F3N2O. The van der Waals surface area contributed by atoms with Crippen molar-refractivity contribution in [1.29, 1.82) is 5.26 Å².